The van der Waals surface area contributed by atoms with Crippen LogP contribution in [0.15, 0.2) is 49.7 Å². The zero-order valence-corrected chi connectivity index (χ0v) is 16.3. The minimum Gasteiger partial charge on any atom is -0.480 e. The molecule has 0 aromatic carbocycles. The largest absolute Gasteiger partial charge is 0.480 e. The number of hydrogen-bond acceptors (Lipinski definition) is 5. The van der Waals surface area contributed by atoms with Gasteiger partial charge < -0.3 is 24.6 Å². The molecule has 1 atom stereocenters. The maximum atomic E-state index is 12.6. The Balaban J connectivity index is 2.22. The van der Waals surface area contributed by atoms with Crippen LogP contribution in [0.25, 0.3) is 6.08 Å². The molecule has 0 saturated heterocycles. The van der Waals surface area contributed by atoms with Gasteiger partial charge in [-0.3, -0.25) is 9.59 Å². The summed E-state index contributed by atoms with van der Waals surface area (Å²) in [6.07, 6.45) is 2.96. The fourth-order valence-electron chi connectivity index (χ4n) is 2.22. The molecule has 0 saturated carbocycles. The first kappa shape index (κ1) is 20.5. The molecule has 2 amide bonds. The van der Waals surface area contributed by atoms with E-state index in [1.54, 1.807) is 12.1 Å². The zero-order valence-electron chi connectivity index (χ0n) is 14.7. The lowest BCUT2D eigenvalue weighted by molar-refractivity contribution is -0.141. The minimum absolute atomic E-state index is 0.0167. The van der Waals surface area contributed by atoms with Crippen LogP contribution in [0.5, 0.6) is 0 Å². The molecular formula is C18H19BrN2O6. The van der Waals surface area contributed by atoms with Crippen LogP contribution in [0.2, 0.25) is 0 Å². The fourth-order valence-corrected chi connectivity index (χ4v) is 2.53. The topological polar surface area (TPSA) is 122 Å². The summed E-state index contributed by atoms with van der Waals surface area (Å²) in [4.78, 5) is 36.3. The summed E-state index contributed by atoms with van der Waals surface area (Å²) in [5, 5.41) is 14.2. The number of halogens is 1. The van der Waals surface area contributed by atoms with Crippen molar-refractivity contribution in [2.45, 2.75) is 26.3 Å². The van der Waals surface area contributed by atoms with E-state index in [2.05, 4.69) is 26.6 Å². The van der Waals surface area contributed by atoms with Gasteiger partial charge in [0.25, 0.3) is 11.8 Å². The summed E-state index contributed by atoms with van der Waals surface area (Å²) >= 11 is 3.09. The maximum absolute atomic E-state index is 12.6. The molecular weight excluding hydrogens is 420 g/mol. The number of hydrogen-bond donors (Lipinski definition) is 3. The number of carboxylic acids is 1. The van der Waals surface area contributed by atoms with E-state index in [9.17, 15) is 19.5 Å². The van der Waals surface area contributed by atoms with Crippen molar-refractivity contribution in [1.29, 1.82) is 0 Å². The van der Waals surface area contributed by atoms with Crippen molar-refractivity contribution in [3.63, 3.8) is 0 Å². The van der Waals surface area contributed by atoms with Gasteiger partial charge >= 0.3 is 5.97 Å². The number of amides is 2. The number of rotatable bonds is 8. The Morgan fingerprint density at radius 2 is 2.00 bits per heavy atom. The van der Waals surface area contributed by atoms with E-state index < -0.39 is 23.8 Å². The molecule has 0 bridgehead atoms. The van der Waals surface area contributed by atoms with Gasteiger partial charge in [-0.1, -0.05) is 13.8 Å². The van der Waals surface area contributed by atoms with Crippen LogP contribution < -0.4 is 10.6 Å². The molecule has 0 aliphatic heterocycles. The molecule has 8 nitrogen and oxygen atoms in total. The lowest BCUT2D eigenvalue weighted by atomic mass is 10.0. The molecule has 9 heteroatoms. The standard InChI is InChI=1S/C18H19BrN2O6/c1-10(2)8-13(18(24)25)21-16(22)12(9-11-4-3-7-26-11)20-17(23)14-5-6-15(19)27-14/h3-7,9-10,13H,8H2,1-2H3,(H,20,23)(H,21,22)(H,24,25)/b12-9-/t13-/m0/s1. The van der Waals surface area contributed by atoms with Crippen LogP contribution in [-0.2, 0) is 9.59 Å². The lowest BCUT2D eigenvalue weighted by Crippen LogP contribution is -2.44. The van der Waals surface area contributed by atoms with E-state index in [0.717, 1.165) is 0 Å². The summed E-state index contributed by atoms with van der Waals surface area (Å²) < 4.78 is 10.7. The van der Waals surface area contributed by atoms with Crippen molar-refractivity contribution in [3.8, 4) is 0 Å². The van der Waals surface area contributed by atoms with Crippen LogP contribution in [0.4, 0.5) is 0 Å². The summed E-state index contributed by atoms with van der Waals surface area (Å²) in [7, 11) is 0. The molecule has 2 aromatic rings. The predicted molar refractivity (Wildman–Crippen MR) is 99.6 cm³/mol. The number of nitrogens with one attached hydrogen (secondary N) is 2. The summed E-state index contributed by atoms with van der Waals surface area (Å²) in [6, 6.07) is 5.08. The van der Waals surface area contributed by atoms with E-state index in [1.807, 2.05) is 13.8 Å². The second-order valence-electron chi connectivity index (χ2n) is 6.13. The van der Waals surface area contributed by atoms with Crippen LogP contribution in [0.3, 0.4) is 0 Å². The fraction of sp³-hybridized carbons (Fsp3) is 0.278. The van der Waals surface area contributed by atoms with E-state index in [0.29, 0.717) is 10.4 Å². The lowest BCUT2D eigenvalue weighted by Gasteiger charge is -2.17. The first-order valence-corrected chi connectivity index (χ1v) is 8.91. The van der Waals surface area contributed by atoms with Crippen molar-refractivity contribution < 1.29 is 28.3 Å². The number of carboxylic acid groups (broad SMARTS) is 1. The highest BCUT2D eigenvalue weighted by Gasteiger charge is 2.24. The number of carbonyl (C=O) groups excluding carboxylic acids is 2. The predicted octanol–water partition coefficient (Wildman–Crippen LogP) is 3.02. The molecule has 27 heavy (non-hydrogen) atoms. The number of furan rings is 2. The van der Waals surface area contributed by atoms with Crippen LogP contribution in [0, 0.1) is 5.92 Å². The molecule has 0 aliphatic carbocycles. The molecule has 144 valence electrons. The monoisotopic (exact) mass is 438 g/mol. The van der Waals surface area contributed by atoms with Gasteiger partial charge in [-0.05, 0) is 52.5 Å². The highest BCUT2D eigenvalue weighted by Crippen LogP contribution is 2.15. The Morgan fingerprint density at radius 3 is 2.52 bits per heavy atom. The molecule has 0 radical (unpaired) electrons. The van der Waals surface area contributed by atoms with Gasteiger partial charge in [0, 0.05) is 6.08 Å². The van der Waals surface area contributed by atoms with Gasteiger partial charge in [-0.25, -0.2) is 4.79 Å². The Kier molecular flexibility index (Phi) is 7.00. The average molecular weight is 439 g/mol. The Morgan fingerprint density at radius 1 is 1.26 bits per heavy atom. The minimum atomic E-state index is -1.16. The normalized spacial score (nSPS) is 12.7. The highest BCUT2D eigenvalue weighted by molar-refractivity contribution is 9.10. The van der Waals surface area contributed by atoms with Crippen molar-refractivity contribution in [1.82, 2.24) is 10.6 Å². The Labute approximate surface area is 163 Å². The second-order valence-corrected chi connectivity index (χ2v) is 6.91. The molecule has 0 fully saturated rings. The molecule has 0 spiro atoms. The van der Waals surface area contributed by atoms with E-state index >= 15 is 0 Å². The Hall–Kier alpha value is -2.81. The van der Waals surface area contributed by atoms with Crippen LogP contribution in [-0.4, -0.2) is 28.9 Å². The number of aliphatic carboxylic acids is 1. The third kappa shape index (κ3) is 6.14. The van der Waals surface area contributed by atoms with Crippen molar-refractivity contribution in [3.05, 3.63) is 52.4 Å². The molecule has 0 unspecified atom stereocenters. The molecule has 0 aliphatic rings. The van der Waals surface area contributed by atoms with Crippen LogP contribution >= 0.6 is 15.9 Å². The highest BCUT2D eigenvalue weighted by atomic mass is 79.9. The zero-order chi connectivity index (χ0) is 20.0. The van der Waals surface area contributed by atoms with Gasteiger partial charge in [0.1, 0.15) is 17.5 Å². The van der Waals surface area contributed by atoms with E-state index in [-0.39, 0.29) is 23.8 Å². The molecule has 2 rings (SSSR count). The van der Waals surface area contributed by atoms with E-state index in [4.69, 9.17) is 8.83 Å². The Bertz CT molecular complexity index is 838. The SMILES string of the molecule is CC(C)C[C@H](NC(=O)/C(=C/c1ccco1)NC(=O)c1ccc(Br)o1)C(=O)O. The molecule has 3 N–H and O–H groups in total. The third-order valence-electron chi connectivity index (χ3n) is 3.43. The van der Waals surface area contributed by atoms with Gasteiger partial charge in [-0.2, -0.15) is 0 Å². The summed E-state index contributed by atoms with van der Waals surface area (Å²) in [5.74, 6) is -2.22. The van der Waals surface area contributed by atoms with Gasteiger partial charge in [0.2, 0.25) is 0 Å². The summed E-state index contributed by atoms with van der Waals surface area (Å²) in [5.41, 5.74) is -0.169. The van der Waals surface area contributed by atoms with E-state index in [1.165, 1.54) is 24.5 Å². The van der Waals surface area contributed by atoms with Gasteiger partial charge in [-0.15, -0.1) is 0 Å². The molecule has 2 heterocycles. The maximum Gasteiger partial charge on any atom is 0.326 e. The summed E-state index contributed by atoms with van der Waals surface area (Å²) in [6.45, 7) is 3.69. The van der Waals surface area contributed by atoms with Crippen LogP contribution in [0.1, 0.15) is 36.6 Å². The van der Waals surface area contributed by atoms with Gasteiger partial charge in [0.15, 0.2) is 10.4 Å². The van der Waals surface area contributed by atoms with Crippen molar-refractivity contribution in [2.24, 2.45) is 5.92 Å². The second kappa shape index (κ2) is 9.22. The first-order valence-electron chi connectivity index (χ1n) is 8.11. The number of carbonyl (C=O) groups is 3. The first-order chi connectivity index (χ1) is 12.8. The average Bonchev–Trinajstić information content (AvgIpc) is 3.24. The smallest absolute Gasteiger partial charge is 0.326 e. The van der Waals surface area contributed by atoms with Gasteiger partial charge in [0.05, 0.1) is 6.26 Å². The third-order valence-corrected chi connectivity index (χ3v) is 3.86. The quantitative estimate of drug-likeness (QED) is 0.544. The molecule has 2 aromatic heterocycles. The van der Waals surface area contributed by atoms with Crippen molar-refractivity contribution >= 4 is 39.8 Å². The van der Waals surface area contributed by atoms with Crippen molar-refractivity contribution in [2.75, 3.05) is 0 Å².